The van der Waals surface area contributed by atoms with E-state index < -0.39 is 46.1 Å². The van der Waals surface area contributed by atoms with Gasteiger partial charge in [-0.1, -0.05) is 61.5 Å². The normalized spacial score (nSPS) is 11.6. The van der Waals surface area contributed by atoms with Crippen molar-refractivity contribution in [1.29, 1.82) is 5.26 Å². The second-order valence-electron chi connectivity index (χ2n) is 8.29. The number of nitriles is 1. The molecule has 36 heavy (non-hydrogen) atoms. The Hall–Kier alpha value is -4.44. The Kier molecular flexibility index (Phi) is 7.16. The van der Waals surface area contributed by atoms with Gasteiger partial charge in [-0.3, -0.25) is 0 Å². The highest BCUT2D eigenvalue weighted by Gasteiger charge is 2.23. The molecule has 0 aliphatic carbocycles. The molecular weight excluding hydrogens is 470 g/mol. The van der Waals surface area contributed by atoms with E-state index in [2.05, 4.69) is 19.1 Å². The maximum absolute atomic E-state index is 14.7. The molecule has 0 aliphatic rings. The SMILES string of the molecule is C[C@@H](Cc1ccc(-c2cc(F)c(C(=O)Oc3cc(F)c(C#N)c(F)c3)c(F)c2)cc1)c1ccccc1. The second kappa shape index (κ2) is 10.4. The first-order chi connectivity index (χ1) is 17.3. The van der Waals surface area contributed by atoms with Crippen LogP contribution in [0.1, 0.15) is 39.9 Å². The summed E-state index contributed by atoms with van der Waals surface area (Å²) in [6.07, 6.45) is 0.786. The molecule has 3 nitrogen and oxygen atoms in total. The molecule has 0 fully saturated rings. The van der Waals surface area contributed by atoms with Crippen LogP contribution < -0.4 is 4.74 Å². The van der Waals surface area contributed by atoms with E-state index in [4.69, 9.17) is 10.00 Å². The minimum Gasteiger partial charge on any atom is -0.423 e. The van der Waals surface area contributed by atoms with Gasteiger partial charge >= 0.3 is 5.97 Å². The number of halogens is 4. The van der Waals surface area contributed by atoms with Gasteiger partial charge in [-0.05, 0) is 46.7 Å². The zero-order valence-corrected chi connectivity index (χ0v) is 19.1. The minimum atomic E-state index is -1.47. The van der Waals surface area contributed by atoms with Crippen molar-refractivity contribution in [2.24, 2.45) is 0 Å². The van der Waals surface area contributed by atoms with E-state index in [1.165, 1.54) is 11.6 Å². The number of hydrogen-bond donors (Lipinski definition) is 0. The first-order valence-electron chi connectivity index (χ1n) is 11.0. The van der Waals surface area contributed by atoms with E-state index in [-0.39, 0.29) is 11.5 Å². The first-order valence-corrected chi connectivity index (χ1v) is 11.0. The number of benzene rings is 4. The molecule has 1 atom stereocenters. The molecule has 0 N–H and O–H groups in total. The highest BCUT2D eigenvalue weighted by Crippen LogP contribution is 2.28. The van der Waals surface area contributed by atoms with Crippen molar-refractivity contribution in [2.45, 2.75) is 19.3 Å². The molecule has 7 heteroatoms. The van der Waals surface area contributed by atoms with Crippen molar-refractivity contribution < 1.29 is 27.1 Å². The van der Waals surface area contributed by atoms with Crippen molar-refractivity contribution in [3.8, 4) is 22.9 Å². The number of carbonyl (C=O) groups excluding carboxylic acids is 1. The van der Waals surface area contributed by atoms with Gasteiger partial charge in [0, 0.05) is 12.1 Å². The van der Waals surface area contributed by atoms with Crippen LogP contribution in [-0.4, -0.2) is 5.97 Å². The van der Waals surface area contributed by atoms with Gasteiger partial charge in [0.15, 0.2) is 0 Å². The van der Waals surface area contributed by atoms with Crippen LogP contribution in [0.5, 0.6) is 5.75 Å². The lowest BCUT2D eigenvalue weighted by Gasteiger charge is -2.13. The van der Waals surface area contributed by atoms with Gasteiger partial charge in [-0.2, -0.15) is 5.26 Å². The van der Waals surface area contributed by atoms with Crippen LogP contribution in [0, 0.1) is 34.6 Å². The van der Waals surface area contributed by atoms with Crippen LogP contribution in [-0.2, 0) is 6.42 Å². The highest BCUT2D eigenvalue weighted by atomic mass is 19.1. The Morgan fingerprint density at radius 1 is 0.833 bits per heavy atom. The third-order valence-corrected chi connectivity index (χ3v) is 5.78. The average molecular weight is 489 g/mol. The van der Waals surface area contributed by atoms with E-state index in [9.17, 15) is 22.4 Å². The molecule has 0 aliphatic heterocycles. The Morgan fingerprint density at radius 3 is 1.97 bits per heavy atom. The summed E-state index contributed by atoms with van der Waals surface area (Å²) in [5.41, 5.74) is 1.15. The van der Waals surface area contributed by atoms with Gasteiger partial charge in [0.25, 0.3) is 0 Å². The molecule has 4 rings (SSSR count). The maximum Gasteiger partial charge on any atom is 0.349 e. The van der Waals surface area contributed by atoms with Crippen LogP contribution in [0.3, 0.4) is 0 Å². The Balaban J connectivity index is 1.52. The molecule has 0 bridgehead atoms. The Labute approximate surface area is 205 Å². The number of nitrogens with zero attached hydrogens (tertiary/aromatic N) is 1. The topological polar surface area (TPSA) is 50.1 Å². The van der Waals surface area contributed by atoms with Gasteiger partial charge in [0.1, 0.15) is 46.2 Å². The molecule has 0 aromatic heterocycles. The van der Waals surface area contributed by atoms with E-state index in [0.717, 1.165) is 24.1 Å². The number of hydrogen-bond acceptors (Lipinski definition) is 3. The summed E-state index contributed by atoms with van der Waals surface area (Å²) in [6.45, 7) is 2.12. The Bertz CT molecular complexity index is 1420. The monoisotopic (exact) mass is 489 g/mol. The van der Waals surface area contributed by atoms with E-state index in [1.807, 2.05) is 30.3 Å². The lowest BCUT2D eigenvalue weighted by molar-refractivity contribution is 0.0724. The van der Waals surface area contributed by atoms with E-state index >= 15 is 0 Å². The summed E-state index contributed by atoms with van der Waals surface area (Å²) < 4.78 is 61.7. The molecule has 0 spiro atoms. The van der Waals surface area contributed by atoms with Gasteiger partial charge in [0.05, 0.1) is 0 Å². The van der Waals surface area contributed by atoms with Crippen LogP contribution in [0.4, 0.5) is 17.6 Å². The smallest absolute Gasteiger partial charge is 0.349 e. The molecule has 0 heterocycles. The first kappa shape index (κ1) is 24.7. The summed E-state index contributed by atoms with van der Waals surface area (Å²) in [7, 11) is 0. The fraction of sp³-hybridized carbons (Fsp3) is 0.103. The number of esters is 1. The summed E-state index contributed by atoms with van der Waals surface area (Å²) in [5, 5.41) is 8.71. The number of carbonyl (C=O) groups is 1. The molecule has 0 saturated carbocycles. The van der Waals surface area contributed by atoms with Crippen molar-refractivity contribution >= 4 is 5.97 Å². The van der Waals surface area contributed by atoms with Crippen LogP contribution in [0.15, 0.2) is 78.9 Å². The van der Waals surface area contributed by atoms with E-state index in [0.29, 0.717) is 17.7 Å². The number of rotatable bonds is 6. The van der Waals surface area contributed by atoms with E-state index in [1.54, 1.807) is 12.1 Å². The van der Waals surface area contributed by atoms with Crippen molar-refractivity contribution in [3.05, 3.63) is 124 Å². The zero-order chi connectivity index (χ0) is 25.8. The lowest BCUT2D eigenvalue weighted by atomic mass is 9.93. The van der Waals surface area contributed by atoms with Crippen molar-refractivity contribution in [2.75, 3.05) is 0 Å². The fourth-order valence-electron chi connectivity index (χ4n) is 3.89. The molecule has 0 saturated heterocycles. The van der Waals surface area contributed by atoms with Gasteiger partial charge in [-0.25, -0.2) is 22.4 Å². The van der Waals surface area contributed by atoms with Gasteiger partial charge in [-0.15, -0.1) is 0 Å². The summed E-state index contributed by atoms with van der Waals surface area (Å²) >= 11 is 0. The standard InChI is InChI=1S/C29H19F4NO2/c1-17(19-5-3-2-4-6-19)11-18-7-9-20(10-8-18)21-12-26(32)28(27(33)13-21)29(35)36-22-14-24(30)23(16-34)25(31)15-22/h2-10,12-15,17H,11H2,1H3/t17-/m0/s1. The predicted molar refractivity (Wildman–Crippen MR) is 126 cm³/mol. The minimum absolute atomic E-state index is 0.208. The molecule has 0 radical (unpaired) electrons. The van der Waals surface area contributed by atoms with Crippen molar-refractivity contribution in [3.63, 3.8) is 0 Å². The third-order valence-electron chi connectivity index (χ3n) is 5.78. The second-order valence-corrected chi connectivity index (χ2v) is 8.29. The number of ether oxygens (including phenoxy) is 1. The highest BCUT2D eigenvalue weighted by molar-refractivity contribution is 5.92. The maximum atomic E-state index is 14.7. The van der Waals surface area contributed by atoms with Crippen LogP contribution >= 0.6 is 0 Å². The third kappa shape index (κ3) is 5.28. The molecule has 180 valence electrons. The van der Waals surface area contributed by atoms with Crippen molar-refractivity contribution in [1.82, 2.24) is 0 Å². The quantitative estimate of drug-likeness (QED) is 0.162. The van der Waals surface area contributed by atoms with Crippen LogP contribution in [0.25, 0.3) is 11.1 Å². The fourth-order valence-corrected chi connectivity index (χ4v) is 3.89. The van der Waals surface area contributed by atoms with Crippen LogP contribution in [0.2, 0.25) is 0 Å². The zero-order valence-electron chi connectivity index (χ0n) is 19.1. The lowest BCUT2D eigenvalue weighted by Crippen LogP contribution is -2.14. The largest absolute Gasteiger partial charge is 0.423 e. The summed E-state index contributed by atoms with van der Waals surface area (Å²) in [4.78, 5) is 12.3. The van der Waals surface area contributed by atoms with Gasteiger partial charge in [0.2, 0.25) is 0 Å². The molecular formula is C29H19F4NO2. The predicted octanol–water partition coefficient (Wildman–Crippen LogP) is 7.35. The molecule has 4 aromatic carbocycles. The Morgan fingerprint density at radius 2 is 1.42 bits per heavy atom. The van der Waals surface area contributed by atoms with Gasteiger partial charge < -0.3 is 4.74 Å². The molecule has 4 aromatic rings. The summed E-state index contributed by atoms with van der Waals surface area (Å²) in [6, 6.07) is 21.8. The average Bonchev–Trinajstić information content (AvgIpc) is 2.84. The molecule has 0 unspecified atom stereocenters. The molecule has 0 amide bonds. The summed E-state index contributed by atoms with van der Waals surface area (Å²) in [5.74, 6) is -6.72.